The Bertz CT molecular complexity index is 1600. The first-order chi connectivity index (χ1) is 20.9. The lowest BCUT2D eigenvalue weighted by atomic mass is 9.95. The van der Waals surface area contributed by atoms with Gasteiger partial charge in [0.2, 0.25) is 0 Å². The average Bonchev–Trinajstić information content (AvgIpc) is 3.67. The molecule has 13 heteroatoms. The lowest BCUT2D eigenvalue weighted by Gasteiger charge is -2.22. The zero-order chi connectivity index (χ0) is 32.0. The number of nitrogens with two attached hydrogens (primary N) is 2. The van der Waals surface area contributed by atoms with Crippen LogP contribution in [-0.2, 0) is 0 Å². The van der Waals surface area contributed by atoms with Gasteiger partial charge in [-0.15, -0.1) is 0 Å². The SMILES string of the molecule is COc1cc(C(=O)NCC(c2cc3c(c(-c4ccc(F)cc4)n2)OCC3C)C(F)(F)F)cc(/C=C(/C)N)c1N.c1c[nH]cn1. The summed E-state index contributed by atoms with van der Waals surface area (Å²) in [5.74, 6) is -3.00. The number of carbonyl (C=O) groups excluding carboxylic acids is 1. The van der Waals surface area contributed by atoms with Gasteiger partial charge in [0.05, 0.1) is 31.4 Å². The van der Waals surface area contributed by atoms with E-state index in [4.69, 9.17) is 20.9 Å². The smallest absolute Gasteiger partial charge is 0.398 e. The topological polar surface area (TPSA) is 141 Å². The highest BCUT2D eigenvalue weighted by atomic mass is 19.4. The number of alkyl halides is 3. The average molecular weight is 613 g/mol. The number of H-pyrrole nitrogens is 1. The van der Waals surface area contributed by atoms with Crippen molar-refractivity contribution in [3.63, 3.8) is 0 Å². The number of amides is 1. The van der Waals surface area contributed by atoms with Crippen molar-refractivity contribution in [2.45, 2.75) is 31.9 Å². The summed E-state index contributed by atoms with van der Waals surface area (Å²) >= 11 is 0. The number of nitrogens with one attached hydrogen (secondary N) is 2. The molecule has 44 heavy (non-hydrogen) atoms. The number of aromatic amines is 1. The number of pyridine rings is 1. The van der Waals surface area contributed by atoms with Gasteiger partial charge in [-0.2, -0.15) is 13.2 Å². The molecule has 0 aliphatic carbocycles. The van der Waals surface area contributed by atoms with E-state index in [-0.39, 0.29) is 40.9 Å². The minimum Gasteiger partial charge on any atom is -0.495 e. The van der Waals surface area contributed by atoms with E-state index in [1.165, 1.54) is 55.7 Å². The number of allylic oxidation sites excluding steroid dienone is 1. The largest absolute Gasteiger partial charge is 0.495 e. The second-order valence-electron chi connectivity index (χ2n) is 10.2. The summed E-state index contributed by atoms with van der Waals surface area (Å²) in [7, 11) is 1.36. The van der Waals surface area contributed by atoms with Gasteiger partial charge >= 0.3 is 6.18 Å². The van der Waals surface area contributed by atoms with E-state index in [9.17, 15) is 22.4 Å². The number of nitrogens with zero attached hydrogens (tertiary/aromatic N) is 2. The van der Waals surface area contributed by atoms with Gasteiger partial charge in [0.15, 0.2) is 0 Å². The van der Waals surface area contributed by atoms with Gasteiger partial charge < -0.3 is 31.2 Å². The molecule has 3 heterocycles. The van der Waals surface area contributed by atoms with E-state index < -0.39 is 30.4 Å². The van der Waals surface area contributed by atoms with Gasteiger partial charge in [-0.3, -0.25) is 4.79 Å². The highest BCUT2D eigenvalue weighted by Crippen LogP contribution is 2.44. The van der Waals surface area contributed by atoms with Gasteiger partial charge in [-0.25, -0.2) is 14.4 Å². The molecule has 2 unspecified atom stereocenters. The third kappa shape index (κ3) is 7.46. The predicted molar refractivity (Wildman–Crippen MR) is 159 cm³/mol. The number of halogens is 4. The number of hydrogen-bond acceptors (Lipinski definition) is 7. The Balaban J connectivity index is 0.000000802. The molecule has 0 saturated carbocycles. The number of ether oxygens (including phenoxy) is 2. The Hall–Kier alpha value is -5.07. The Kier molecular flexibility index (Phi) is 9.77. The molecule has 0 radical (unpaired) electrons. The summed E-state index contributed by atoms with van der Waals surface area (Å²) in [6, 6.07) is 9.40. The van der Waals surface area contributed by atoms with Gasteiger partial charge in [0.25, 0.3) is 5.91 Å². The number of hydrogen-bond donors (Lipinski definition) is 4. The fraction of sp³-hybridized carbons (Fsp3) is 0.258. The Morgan fingerprint density at radius 2 is 1.98 bits per heavy atom. The first kappa shape index (κ1) is 31.9. The normalized spacial score (nSPS) is 15.0. The minimum atomic E-state index is -4.74. The van der Waals surface area contributed by atoms with Crippen LogP contribution in [0.2, 0.25) is 0 Å². The Morgan fingerprint density at radius 3 is 2.55 bits per heavy atom. The molecule has 2 atom stereocenters. The molecular formula is C31H32F4N6O3. The minimum absolute atomic E-state index is 0.0467. The molecule has 1 aliphatic heterocycles. The van der Waals surface area contributed by atoms with Crippen molar-refractivity contribution in [3.8, 4) is 22.8 Å². The van der Waals surface area contributed by atoms with E-state index in [0.29, 0.717) is 28.1 Å². The number of anilines is 1. The molecule has 232 valence electrons. The monoisotopic (exact) mass is 612 g/mol. The van der Waals surface area contributed by atoms with E-state index in [1.54, 1.807) is 25.6 Å². The molecule has 0 spiro atoms. The van der Waals surface area contributed by atoms with Crippen LogP contribution in [0.4, 0.5) is 23.2 Å². The molecule has 0 fully saturated rings. The third-order valence-electron chi connectivity index (χ3n) is 6.81. The lowest BCUT2D eigenvalue weighted by molar-refractivity contribution is -0.149. The molecule has 4 aromatic rings. The first-order valence-electron chi connectivity index (χ1n) is 13.5. The fourth-order valence-corrected chi connectivity index (χ4v) is 4.58. The zero-order valence-electron chi connectivity index (χ0n) is 24.2. The number of fused-ring (bicyclic) bond motifs is 1. The molecule has 0 saturated heterocycles. The van der Waals surface area contributed by atoms with Crippen LogP contribution < -0.4 is 26.3 Å². The van der Waals surface area contributed by atoms with Crippen LogP contribution in [0, 0.1) is 5.82 Å². The summed E-state index contributed by atoms with van der Waals surface area (Å²) in [6.45, 7) is 2.96. The summed E-state index contributed by atoms with van der Waals surface area (Å²) < 4.78 is 67.5. The summed E-state index contributed by atoms with van der Waals surface area (Å²) in [4.78, 5) is 23.7. The third-order valence-corrected chi connectivity index (χ3v) is 6.81. The van der Waals surface area contributed by atoms with Crippen molar-refractivity contribution in [2.24, 2.45) is 5.73 Å². The van der Waals surface area contributed by atoms with Gasteiger partial charge in [0.1, 0.15) is 28.9 Å². The van der Waals surface area contributed by atoms with Crippen LogP contribution in [0.5, 0.6) is 11.5 Å². The fourth-order valence-electron chi connectivity index (χ4n) is 4.58. The van der Waals surface area contributed by atoms with Crippen LogP contribution in [0.3, 0.4) is 0 Å². The van der Waals surface area contributed by atoms with E-state index >= 15 is 0 Å². The number of aromatic nitrogens is 3. The molecule has 6 N–H and O–H groups in total. The molecule has 2 aromatic heterocycles. The number of methoxy groups -OCH3 is 1. The molecule has 1 amide bonds. The van der Waals surface area contributed by atoms with Crippen molar-refractivity contribution in [1.29, 1.82) is 0 Å². The van der Waals surface area contributed by atoms with E-state index in [1.807, 2.05) is 6.92 Å². The van der Waals surface area contributed by atoms with Gasteiger partial charge in [0, 0.05) is 52.8 Å². The maximum Gasteiger partial charge on any atom is 0.398 e. The standard InChI is InChI=1S/C28H28F4N4O3.C3H4N2/c1-14-13-39-26-20(14)11-22(36-25(26)16-4-6-19(29)7-5-16)21(28(30,31)32)12-35-27(37)18-9-17(8-15(2)33)24(34)23(10-18)38-3;1-2-5-3-4-1/h4-11,14,21H,12-13,33-34H2,1-3H3,(H,35,37);1-3H,(H,4,5)/b15-8-;. The molecule has 1 aliphatic rings. The van der Waals surface area contributed by atoms with Gasteiger partial charge in [-0.05, 0) is 55.5 Å². The predicted octanol–water partition coefficient (Wildman–Crippen LogP) is 5.78. The van der Waals surface area contributed by atoms with Crippen LogP contribution in [0.1, 0.15) is 52.9 Å². The zero-order valence-corrected chi connectivity index (χ0v) is 24.2. The van der Waals surface area contributed by atoms with Crippen molar-refractivity contribution in [2.75, 3.05) is 26.0 Å². The number of carbonyl (C=O) groups is 1. The van der Waals surface area contributed by atoms with E-state index in [0.717, 1.165) is 0 Å². The highest BCUT2D eigenvalue weighted by molar-refractivity contribution is 5.96. The quantitative estimate of drug-likeness (QED) is 0.153. The van der Waals surface area contributed by atoms with Crippen LogP contribution in [-0.4, -0.2) is 47.3 Å². The van der Waals surface area contributed by atoms with E-state index in [2.05, 4.69) is 20.3 Å². The number of imidazole rings is 1. The molecule has 5 rings (SSSR count). The van der Waals surface area contributed by atoms with Crippen molar-refractivity contribution in [3.05, 3.63) is 95.1 Å². The van der Waals surface area contributed by atoms with Crippen LogP contribution >= 0.6 is 0 Å². The summed E-state index contributed by atoms with van der Waals surface area (Å²) in [6.07, 6.45) is 1.88. The van der Waals surface area contributed by atoms with Crippen LogP contribution in [0.15, 0.2) is 66.9 Å². The maximum absolute atomic E-state index is 14.3. The van der Waals surface area contributed by atoms with Gasteiger partial charge in [-0.1, -0.05) is 6.92 Å². The van der Waals surface area contributed by atoms with Crippen molar-refractivity contribution < 1.29 is 31.8 Å². The summed E-state index contributed by atoms with van der Waals surface area (Å²) in [5, 5.41) is 2.37. The molecule has 0 bridgehead atoms. The molecule has 9 nitrogen and oxygen atoms in total. The second-order valence-corrected chi connectivity index (χ2v) is 10.2. The number of rotatable bonds is 7. The van der Waals surface area contributed by atoms with Crippen molar-refractivity contribution >= 4 is 17.7 Å². The summed E-state index contributed by atoms with van der Waals surface area (Å²) in [5.41, 5.74) is 13.8. The molecule has 2 aromatic carbocycles. The lowest BCUT2D eigenvalue weighted by Crippen LogP contribution is -2.35. The Labute approximate surface area is 251 Å². The molecular weight excluding hydrogens is 580 g/mol. The first-order valence-corrected chi connectivity index (χ1v) is 13.5. The van der Waals surface area contributed by atoms with Crippen LogP contribution in [0.25, 0.3) is 17.3 Å². The maximum atomic E-state index is 14.3. The number of nitrogen functional groups attached to an aromatic ring is 1. The second kappa shape index (κ2) is 13.5. The number of benzene rings is 2. The van der Waals surface area contributed by atoms with Crippen molar-refractivity contribution in [1.82, 2.24) is 20.3 Å². The Morgan fingerprint density at radius 1 is 1.25 bits per heavy atom. The highest BCUT2D eigenvalue weighted by Gasteiger charge is 2.43.